The number of carbonyl (C=O) groups excluding carboxylic acids is 2. The van der Waals surface area contributed by atoms with E-state index in [2.05, 4.69) is 25.4 Å². The van der Waals surface area contributed by atoms with Crippen molar-refractivity contribution in [2.24, 2.45) is 0 Å². The van der Waals surface area contributed by atoms with Crippen molar-refractivity contribution in [3.63, 3.8) is 0 Å². The van der Waals surface area contributed by atoms with Gasteiger partial charge in [0.2, 0.25) is 5.91 Å². The fourth-order valence-corrected chi connectivity index (χ4v) is 7.08. The maximum absolute atomic E-state index is 13.5. The van der Waals surface area contributed by atoms with Gasteiger partial charge in [0.25, 0.3) is 5.91 Å². The van der Waals surface area contributed by atoms with Gasteiger partial charge < -0.3 is 24.8 Å². The number of aromatic nitrogens is 5. The van der Waals surface area contributed by atoms with Gasteiger partial charge in [-0.05, 0) is 37.1 Å². The van der Waals surface area contributed by atoms with Gasteiger partial charge in [0, 0.05) is 60.0 Å². The fourth-order valence-electron chi connectivity index (χ4n) is 6.20. The summed E-state index contributed by atoms with van der Waals surface area (Å²) in [6.45, 7) is 3.77. The summed E-state index contributed by atoms with van der Waals surface area (Å²) in [5.41, 5.74) is 1.15. The fraction of sp³-hybridized carbons (Fsp3) is 0.469. The van der Waals surface area contributed by atoms with Gasteiger partial charge in [-0.15, -0.1) is 11.8 Å². The molecule has 6 rings (SSSR count). The lowest BCUT2D eigenvalue weighted by atomic mass is 10.0. The molecule has 0 radical (unpaired) electrons. The molecule has 2 N–H and O–H groups in total. The van der Waals surface area contributed by atoms with Crippen LogP contribution in [0.5, 0.6) is 5.75 Å². The number of thioether (sulfide) groups is 1. The third-order valence-corrected chi connectivity index (χ3v) is 9.39. The minimum absolute atomic E-state index is 0.0245. The van der Waals surface area contributed by atoms with Crippen LogP contribution >= 0.6 is 11.8 Å². The van der Waals surface area contributed by atoms with Crippen LogP contribution in [-0.4, -0.2) is 114 Å². The van der Waals surface area contributed by atoms with Gasteiger partial charge in [0.15, 0.2) is 5.65 Å². The molecule has 2 aliphatic heterocycles. The molecule has 4 aromatic rings. The van der Waals surface area contributed by atoms with Crippen LogP contribution in [0.2, 0.25) is 0 Å². The number of rotatable bonds is 11. The van der Waals surface area contributed by atoms with Gasteiger partial charge in [-0.25, -0.2) is 9.50 Å². The molecule has 13 nitrogen and oxygen atoms in total. The number of morpholine rings is 1. The number of ether oxygens (including phenoxy) is 2. The lowest BCUT2D eigenvalue weighted by molar-refractivity contribution is -0.134. The lowest BCUT2D eigenvalue weighted by Crippen LogP contribution is -2.55. The molecule has 0 bridgehead atoms. The summed E-state index contributed by atoms with van der Waals surface area (Å²) in [4.78, 5) is 36.2. The molecule has 0 aliphatic carbocycles. The zero-order valence-electron chi connectivity index (χ0n) is 26.7. The minimum Gasteiger partial charge on any atom is -0.434 e. The van der Waals surface area contributed by atoms with Crippen LogP contribution in [0.4, 0.5) is 14.5 Å². The molecule has 5 heterocycles. The smallest absolute Gasteiger partial charge is 0.387 e. The average molecular weight is 685 g/mol. The summed E-state index contributed by atoms with van der Waals surface area (Å²) >= 11 is 1.53. The Morgan fingerprint density at radius 3 is 2.77 bits per heavy atom. The number of benzene rings is 1. The van der Waals surface area contributed by atoms with Crippen molar-refractivity contribution in [3.8, 4) is 17.0 Å². The number of hydrogen-bond acceptors (Lipinski definition) is 10. The van der Waals surface area contributed by atoms with Gasteiger partial charge in [-0.2, -0.15) is 19.0 Å². The maximum atomic E-state index is 13.5. The first kappa shape index (κ1) is 33.8. The highest BCUT2D eigenvalue weighted by atomic mass is 32.2. The zero-order chi connectivity index (χ0) is 33.8. The van der Waals surface area contributed by atoms with Crippen molar-refractivity contribution in [2.75, 3.05) is 44.8 Å². The molecule has 2 saturated heterocycles. The van der Waals surface area contributed by atoms with Gasteiger partial charge in [-0.1, -0.05) is 13.8 Å². The molecule has 256 valence electrons. The molecule has 1 aromatic carbocycles. The third kappa shape index (κ3) is 7.61. The predicted octanol–water partition coefficient (Wildman–Crippen LogP) is 3.63. The number of fused-ring (bicyclic) bond motifs is 1. The second kappa shape index (κ2) is 15.0. The largest absolute Gasteiger partial charge is 0.434 e. The standard InChI is InChI=1S/C32H38F2N8O5S/c1-20(2)48-23-4-5-27(47-32(33)34)24(14-23)29-26(37-31(45)25-15-36-42-9-3-8-35-30(25)42)16-40(38-29)17-28(44)39-10-6-21(7-11-39)41-12-13-46-19-22(41)18-43/h3-5,8-9,14-16,20-22,32,43H,6-7,10-13,17-19H2,1-2H3,(H,37,45)/t22-/m1/s1. The van der Waals surface area contributed by atoms with E-state index in [9.17, 15) is 23.5 Å². The first-order valence-electron chi connectivity index (χ1n) is 15.8. The Morgan fingerprint density at radius 1 is 1.21 bits per heavy atom. The van der Waals surface area contributed by atoms with E-state index in [1.54, 1.807) is 35.5 Å². The Labute approximate surface area is 280 Å². The number of likely N-dealkylation sites (tertiary alicyclic amines) is 1. The zero-order valence-corrected chi connectivity index (χ0v) is 27.5. The van der Waals surface area contributed by atoms with Crippen molar-refractivity contribution in [2.45, 2.75) is 62.1 Å². The quantitative estimate of drug-likeness (QED) is 0.225. The molecule has 3 aromatic heterocycles. The highest BCUT2D eigenvalue weighted by molar-refractivity contribution is 7.99. The number of carbonyl (C=O) groups is 2. The third-order valence-electron chi connectivity index (χ3n) is 8.40. The van der Waals surface area contributed by atoms with Crippen molar-refractivity contribution in [1.82, 2.24) is 34.2 Å². The molecule has 2 aliphatic rings. The summed E-state index contributed by atoms with van der Waals surface area (Å²) in [7, 11) is 0. The van der Waals surface area contributed by atoms with E-state index in [-0.39, 0.29) is 64.7 Å². The average Bonchev–Trinajstić information content (AvgIpc) is 3.69. The van der Waals surface area contributed by atoms with Crippen LogP contribution in [0.1, 0.15) is 37.0 Å². The number of aliphatic hydroxyl groups excluding tert-OH is 1. The van der Waals surface area contributed by atoms with Gasteiger partial charge in [-0.3, -0.25) is 19.2 Å². The Hall–Kier alpha value is -4.12. The first-order chi connectivity index (χ1) is 23.2. The van der Waals surface area contributed by atoms with Crippen molar-refractivity contribution in [3.05, 3.63) is 54.6 Å². The summed E-state index contributed by atoms with van der Waals surface area (Å²) in [6, 6.07) is 6.72. The van der Waals surface area contributed by atoms with Crippen LogP contribution in [0, 0.1) is 0 Å². The number of alkyl halides is 2. The highest BCUT2D eigenvalue weighted by Gasteiger charge is 2.33. The summed E-state index contributed by atoms with van der Waals surface area (Å²) < 4.78 is 40.3. The molecule has 0 unspecified atom stereocenters. The van der Waals surface area contributed by atoms with E-state index >= 15 is 0 Å². The van der Waals surface area contributed by atoms with Crippen molar-refractivity contribution in [1.29, 1.82) is 0 Å². The van der Waals surface area contributed by atoms with Crippen LogP contribution in [0.25, 0.3) is 16.9 Å². The Bertz CT molecular complexity index is 1740. The van der Waals surface area contributed by atoms with Crippen molar-refractivity contribution < 1.29 is 33.0 Å². The van der Waals surface area contributed by atoms with E-state index < -0.39 is 12.5 Å². The second-order valence-electron chi connectivity index (χ2n) is 12.0. The summed E-state index contributed by atoms with van der Waals surface area (Å²) in [5.74, 6) is -0.818. The van der Waals surface area contributed by atoms with Gasteiger partial charge >= 0.3 is 6.61 Å². The SMILES string of the molecule is CC(C)Sc1ccc(OC(F)F)c(-c2nn(CC(=O)N3CCC(N4CCOC[C@H]4CO)CC3)cc2NC(=O)c2cnn3cccnc23)c1. The Balaban J connectivity index is 1.27. The first-order valence-corrected chi connectivity index (χ1v) is 16.7. The molecule has 2 fully saturated rings. The highest BCUT2D eigenvalue weighted by Crippen LogP contribution is 2.39. The van der Waals surface area contributed by atoms with Gasteiger partial charge in [0.05, 0.1) is 37.7 Å². The lowest BCUT2D eigenvalue weighted by Gasteiger charge is -2.43. The second-order valence-corrected chi connectivity index (χ2v) is 13.6. The molecular weight excluding hydrogens is 646 g/mol. The van der Waals surface area contributed by atoms with Gasteiger partial charge in [0.1, 0.15) is 23.6 Å². The predicted molar refractivity (Wildman–Crippen MR) is 174 cm³/mol. The Morgan fingerprint density at radius 2 is 2.02 bits per heavy atom. The van der Waals surface area contributed by atoms with E-state index in [0.29, 0.717) is 32.0 Å². The molecular formula is C32H38F2N8O5S. The van der Waals surface area contributed by atoms with Crippen LogP contribution < -0.4 is 10.1 Å². The number of anilines is 1. The van der Waals surface area contributed by atoms with E-state index in [0.717, 1.165) is 24.3 Å². The topological polar surface area (TPSA) is 139 Å². The number of piperidine rings is 1. The number of halogens is 2. The van der Waals surface area contributed by atoms with Crippen LogP contribution in [-0.2, 0) is 16.1 Å². The minimum atomic E-state index is -3.09. The molecule has 0 saturated carbocycles. The van der Waals surface area contributed by atoms with E-state index in [1.165, 1.54) is 39.4 Å². The monoisotopic (exact) mass is 684 g/mol. The summed E-state index contributed by atoms with van der Waals surface area (Å²) in [6.07, 6.45) is 7.63. The summed E-state index contributed by atoms with van der Waals surface area (Å²) in [5, 5.41) is 21.7. The number of amides is 2. The number of hydrogen-bond donors (Lipinski definition) is 2. The Kier molecular flexibility index (Phi) is 10.5. The molecule has 1 atom stereocenters. The van der Waals surface area contributed by atoms with Crippen molar-refractivity contribution >= 4 is 34.9 Å². The maximum Gasteiger partial charge on any atom is 0.387 e. The normalized spacial score (nSPS) is 17.8. The molecule has 0 spiro atoms. The van der Waals surface area contributed by atoms with E-state index in [4.69, 9.17) is 9.47 Å². The van der Waals surface area contributed by atoms with Crippen LogP contribution in [0.3, 0.4) is 0 Å². The number of nitrogens with zero attached hydrogens (tertiary/aromatic N) is 7. The number of nitrogens with one attached hydrogen (secondary N) is 1. The molecule has 2 amide bonds. The molecule has 16 heteroatoms. The van der Waals surface area contributed by atoms with Crippen LogP contribution in [0.15, 0.2) is 53.9 Å². The number of aliphatic hydroxyl groups is 1. The molecule has 48 heavy (non-hydrogen) atoms. The van der Waals surface area contributed by atoms with E-state index in [1.807, 2.05) is 13.8 Å².